The molecule has 4 heteroatoms. The highest BCUT2D eigenvalue weighted by Crippen LogP contribution is 2.18. The molecule has 0 fully saturated rings. The monoisotopic (exact) mass is 279 g/mol. The molecule has 0 atom stereocenters. The van der Waals surface area contributed by atoms with Gasteiger partial charge in [0.15, 0.2) is 0 Å². The van der Waals surface area contributed by atoms with Crippen molar-refractivity contribution >= 4 is 5.69 Å². The van der Waals surface area contributed by atoms with Crippen molar-refractivity contribution in [2.45, 2.75) is 20.4 Å². The Morgan fingerprint density at radius 1 is 0.952 bits per heavy atom. The summed E-state index contributed by atoms with van der Waals surface area (Å²) in [6.45, 7) is 4.71. The van der Waals surface area contributed by atoms with Gasteiger partial charge in [-0.3, -0.25) is 0 Å². The van der Waals surface area contributed by atoms with E-state index < -0.39 is 0 Å². The van der Waals surface area contributed by atoms with Crippen molar-refractivity contribution in [3.8, 4) is 11.5 Å². The Kier molecular flexibility index (Phi) is 3.69. The smallest absolute Gasteiger partial charge is 0.247 e. The Labute approximate surface area is 123 Å². The minimum atomic E-state index is 0.516. The van der Waals surface area contributed by atoms with E-state index in [0.717, 1.165) is 11.3 Å². The van der Waals surface area contributed by atoms with E-state index in [1.165, 1.54) is 11.1 Å². The summed E-state index contributed by atoms with van der Waals surface area (Å²) in [4.78, 5) is 0. The Morgan fingerprint density at radius 3 is 2.52 bits per heavy atom. The van der Waals surface area contributed by atoms with Crippen molar-refractivity contribution in [2.75, 3.05) is 5.32 Å². The van der Waals surface area contributed by atoms with Gasteiger partial charge in [-0.2, -0.15) is 0 Å². The molecule has 0 spiro atoms. The normalized spacial score (nSPS) is 10.6. The first kappa shape index (κ1) is 13.4. The van der Waals surface area contributed by atoms with Gasteiger partial charge in [0.2, 0.25) is 11.8 Å². The van der Waals surface area contributed by atoms with Crippen molar-refractivity contribution < 1.29 is 4.42 Å². The standard InChI is InChI=1S/C17H17N3O/c1-12-8-9-15(10-13(12)2)18-11-16-19-20-17(21-16)14-6-4-3-5-7-14/h3-10,18H,11H2,1-2H3. The summed E-state index contributed by atoms with van der Waals surface area (Å²) in [6, 6.07) is 16.0. The molecule has 0 aliphatic carbocycles. The lowest BCUT2D eigenvalue weighted by atomic mass is 10.1. The number of nitrogens with zero attached hydrogens (tertiary/aromatic N) is 2. The fourth-order valence-corrected chi connectivity index (χ4v) is 2.05. The Hall–Kier alpha value is -2.62. The minimum absolute atomic E-state index is 0.516. The molecule has 0 aliphatic heterocycles. The zero-order valence-electron chi connectivity index (χ0n) is 12.1. The molecule has 3 aromatic rings. The largest absolute Gasteiger partial charge is 0.419 e. The van der Waals surface area contributed by atoms with E-state index in [4.69, 9.17) is 4.42 Å². The van der Waals surface area contributed by atoms with Gasteiger partial charge in [-0.15, -0.1) is 10.2 Å². The van der Waals surface area contributed by atoms with Crippen LogP contribution in [0.15, 0.2) is 52.9 Å². The molecule has 2 aromatic carbocycles. The summed E-state index contributed by atoms with van der Waals surface area (Å²) in [5.41, 5.74) is 4.53. The number of rotatable bonds is 4. The highest BCUT2D eigenvalue weighted by atomic mass is 16.4. The lowest BCUT2D eigenvalue weighted by Gasteiger charge is -2.06. The highest BCUT2D eigenvalue weighted by Gasteiger charge is 2.07. The molecule has 0 saturated carbocycles. The molecule has 106 valence electrons. The molecular formula is C17H17N3O. The number of hydrogen-bond donors (Lipinski definition) is 1. The van der Waals surface area contributed by atoms with E-state index in [1.54, 1.807) is 0 Å². The number of aryl methyl sites for hydroxylation is 2. The molecular weight excluding hydrogens is 262 g/mol. The van der Waals surface area contributed by atoms with Gasteiger partial charge < -0.3 is 9.73 Å². The van der Waals surface area contributed by atoms with Gasteiger partial charge in [0.25, 0.3) is 0 Å². The second-order valence-electron chi connectivity index (χ2n) is 5.02. The van der Waals surface area contributed by atoms with E-state index in [-0.39, 0.29) is 0 Å². The first-order valence-corrected chi connectivity index (χ1v) is 6.91. The maximum atomic E-state index is 5.66. The van der Waals surface area contributed by atoms with Crippen LogP contribution < -0.4 is 5.32 Å². The van der Waals surface area contributed by atoms with Crippen molar-refractivity contribution in [2.24, 2.45) is 0 Å². The number of nitrogens with one attached hydrogen (secondary N) is 1. The summed E-state index contributed by atoms with van der Waals surface area (Å²) in [5, 5.41) is 11.4. The first-order valence-electron chi connectivity index (χ1n) is 6.91. The molecule has 0 amide bonds. The van der Waals surface area contributed by atoms with E-state index >= 15 is 0 Å². The molecule has 0 bridgehead atoms. The third-order valence-corrected chi connectivity index (χ3v) is 3.44. The zero-order chi connectivity index (χ0) is 14.7. The predicted octanol–water partition coefficient (Wildman–Crippen LogP) is 3.97. The van der Waals surface area contributed by atoms with Crippen molar-refractivity contribution in [1.29, 1.82) is 0 Å². The van der Waals surface area contributed by atoms with Crippen LogP contribution in [0.4, 0.5) is 5.69 Å². The Bertz CT molecular complexity index is 735. The summed E-state index contributed by atoms with van der Waals surface area (Å²) in [7, 11) is 0. The van der Waals surface area contributed by atoms with Crippen LogP contribution in [0.3, 0.4) is 0 Å². The molecule has 0 radical (unpaired) electrons. The van der Waals surface area contributed by atoms with Crippen molar-refractivity contribution in [3.05, 3.63) is 65.5 Å². The van der Waals surface area contributed by atoms with Crippen molar-refractivity contribution in [1.82, 2.24) is 10.2 Å². The van der Waals surface area contributed by atoms with E-state index in [1.807, 2.05) is 30.3 Å². The molecule has 3 rings (SSSR count). The lowest BCUT2D eigenvalue weighted by Crippen LogP contribution is -2.00. The minimum Gasteiger partial charge on any atom is -0.419 e. The average Bonchev–Trinajstić information content (AvgIpc) is 2.98. The molecule has 0 unspecified atom stereocenters. The number of hydrogen-bond acceptors (Lipinski definition) is 4. The Balaban J connectivity index is 1.69. The second kappa shape index (κ2) is 5.79. The summed E-state index contributed by atoms with van der Waals surface area (Å²) < 4.78 is 5.66. The van der Waals surface area contributed by atoms with Gasteiger partial charge in [-0.1, -0.05) is 24.3 Å². The van der Waals surface area contributed by atoms with E-state index in [9.17, 15) is 0 Å². The molecule has 0 saturated heterocycles. The van der Waals surface area contributed by atoms with Crippen LogP contribution in [-0.2, 0) is 6.54 Å². The van der Waals surface area contributed by atoms with Gasteiger partial charge >= 0.3 is 0 Å². The third kappa shape index (κ3) is 3.11. The fraction of sp³-hybridized carbons (Fsp3) is 0.176. The lowest BCUT2D eigenvalue weighted by molar-refractivity contribution is 0.515. The van der Waals surface area contributed by atoms with E-state index in [0.29, 0.717) is 18.3 Å². The summed E-state index contributed by atoms with van der Waals surface area (Å²) in [5.74, 6) is 1.12. The predicted molar refractivity (Wildman–Crippen MR) is 83.0 cm³/mol. The molecule has 4 nitrogen and oxygen atoms in total. The van der Waals surface area contributed by atoms with Gasteiger partial charge in [-0.25, -0.2) is 0 Å². The zero-order valence-corrected chi connectivity index (χ0v) is 12.1. The topological polar surface area (TPSA) is 51.0 Å². The van der Waals surface area contributed by atoms with Gasteiger partial charge in [0.1, 0.15) is 0 Å². The van der Waals surface area contributed by atoms with Gasteiger partial charge in [0.05, 0.1) is 6.54 Å². The van der Waals surface area contributed by atoms with Crippen LogP contribution in [-0.4, -0.2) is 10.2 Å². The third-order valence-electron chi connectivity index (χ3n) is 3.44. The summed E-state index contributed by atoms with van der Waals surface area (Å²) >= 11 is 0. The van der Waals surface area contributed by atoms with E-state index in [2.05, 4.69) is 47.6 Å². The van der Waals surface area contributed by atoms with Crippen LogP contribution in [0.2, 0.25) is 0 Å². The fourth-order valence-electron chi connectivity index (χ4n) is 2.05. The first-order chi connectivity index (χ1) is 10.2. The van der Waals surface area contributed by atoms with Gasteiger partial charge in [0, 0.05) is 11.3 Å². The summed E-state index contributed by atoms with van der Waals surface area (Å²) in [6.07, 6.45) is 0. The number of benzene rings is 2. The number of anilines is 1. The van der Waals surface area contributed by atoms with Crippen LogP contribution in [0.25, 0.3) is 11.5 Å². The van der Waals surface area contributed by atoms with Crippen LogP contribution in [0.1, 0.15) is 17.0 Å². The number of aromatic nitrogens is 2. The second-order valence-corrected chi connectivity index (χ2v) is 5.02. The Morgan fingerprint density at radius 2 is 1.76 bits per heavy atom. The highest BCUT2D eigenvalue weighted by molar-refractivity contribution is 5.52. The van der Waals surface area contributed by atoms with Crippen LogP contribution in [0, 0.1) is 13.8 Å². The quantitative estimate of drug-likeness (QED) is 0.785. The van der Waals surface area contributed by atoms with Gasteiger partial charge in [-0.05, 0) is 49.2 Å². The average molecular weight is 279 g/mol. The van der Waals surface area contributed by atoms with Crippen LogP contribution in [0.5, 0.6) is 0 Å². The molecule has 21 heavy (non-hydrogen) atoms. The SMILES string of the molecule is Cc1ccc(NCc2nnc(-c3ccccc3)o2)cc1C. The van der Waals surface area contributed by atoms with Crippen molar-refractivity contribution in [3.63, 3.8) is 0 Å². The maximum Gasteiger partial charge on any atom is 0.247 e. The molecule has 1 N–H and O–H groups in total. The molecule has 1 aromatic heterocycles. The van der Waals surface area contributed by atoms with Crippen LogP contribution >= 0.6 is 0 Å². The molecule has 0 aliphatic rings. The molecule has 1 heterocycles. The maximum absolute atomic E-state index is 5.66.